The number of rotatable bonds is 4. The third-order valence-corrected chi connectivity index (χ3v) is 7.28. The zero-order chi connectivity index (χ0) is 24.9. The number of nitrogens with zero attached hydrogens (tertiary/aromatic N) is 3. The molecule has 1 saturated heterocycles. The Hall–Kier alpha value is -3.51. The predicted octanol–water partition coefficient (Wildman–Crippen LogP) is 6.73. The molecule has 2 aromatic heterocycles. The van der Waals surface area contributed by atoms with E-state index in [-0.39, 0.29) is 17.9 Å². The average Bonchev–Trinajstić information content (AvgIpc) is 3.32. The molecule has 1 aliphatic rings. The SMILES string of the molecule is Cc1cc(N2C(=S)N[C@H](c3ccccn3)[C@@H]2c2cc(C)n(-c3c(C)cccc3C)c2C)ccc1F. The number of hydrogen-bond donors (Lipinski definition) is 1. The van der Waals surface area contributed by atoms with Crippen LogP contribution in [-0.4, -0.2) is 14.7 Å². The molecular formula is C29H29FN4S. The Bertz CT molecular complexity index is 1410. The van der Waals surface area contributed by atoms with Gasteiger partial charge in [0, 0.05) is 23.3 Å². The Morgan fingerprint density at radius 1 is 0.886 bits per heavy atom. The molecule has 2 atom stereocenters. The van der Waals surface area contributed by atoms with Crippen LogP contribution in [0.5, 0.6) is 0 Å². The summed E-state index contributed by atoms with van der Waals surface area (Å²) in [7, 11) is 0. The molecule has 4 nitrogen and oxygen atoms in total. The highest BCUT2D eigenvalue weighted by molar-refractivity contribution is 7.80. The summed E-state index contributed by atoms with van der Waals surface area (Å²) in [5.41, 5.74) is 9.50. The number of aryl methyl sites for hydroxylation is 4. The van der Waals surface area contributed by atoms with Gasteiger partial charge in [-0.2, -0.15) is 0 Å². The number of halogens is 1. The van der Waals surface area contributed by atoms with Crippen LogP contribution in [0.25, 0.3) is 5.69 Å². The number of benzene rings is 2. The maximum absolute atomic E-state index is 14.1. The van der Waals surface area contributed by atoms with E-state index in [0.29, 0.717) is 10.7 Å². The van der Waals surface area contributed by atoms with Gasteiger partial charge in [0.25, 0.3) is 0 Å². The van der Waals surface area contributed by atoms with Crippen LogP contribution >= 0.6 is 12.2 Å². The quantitative estimate of drug-likeness (QED) is 0.326. The van der Waals surface area contributed by atoms with E-state index < -0.39 is 0 Å². The molecule has 6 heteroatoms. The van der Waals surface area contributed by atoms with E-state index in [1.54, 1.807) is 13.0 Å². The highest BCUT2D eigenvalue weighted by Gasteiger charge is 2.42. The number of para-hydroxylation sites is 1. The second-order valence-corrected chi connectivity index (χ2v) is 9.72. The third-order valence-electron chi connectivity index (χ3n) is 6.97. The van der Waals surface area contributed by atoms with Crippen molar-refractivity contribution in [3.8, 4) is 5.69 Å². The molecule has 0 spiro atoms. The smallest absolute Gasteiger partial charge is 0.174 e. The van der Waals surface area contributed by atoms with Gasteiger partial charge in [0.1, 0.15) is 5.82 Å². The molecule has 0 amide bonds. The van der Waals surface area contributed by atoms with Crippen LogP contribution in [-0.2, 0) is 0 Å². The molecule has 178 valence electrons. The van der Waals surface area contributed by atoms with E-state index >= 15 is 0 Å². The normalized spacial score (nSPS) is 17.7. The molecule has 35 heavy (non-hydrogen) atoms. The second-order valence-electron chi connectivity index (χ2n) is 9.33. The summed E-state index contributed by atoms with van der Waals surface area (Å²) in [6.07, 6.45) is 1.81. The molecular weight excluding hydrogens is 455 g/mol. The number of pyridine rings is 1. The molecule has 1 N–H and O–H groups in total. The van der Waals surface area contributed by atoms with E-state index in [9.17, 15) is 4.39 Å². The molecule has 5 rings (SSSR count). The van der Waals surface area contributed by atoms with Gasteiger partial charge in [-0.1, -0.05) is 24.3 Å². The van der Waals surface area contributed by atoms with Crippen molar-refractivity contribution < 1.29 is 4.39 Å². The minimum atomic E-state index is -0.224. The summed E-state index contributed by atoms with van der Waals surface area (Å²) < 4.78 is 16.5. The molecule has 1 fully saturated rings. The zero-order valence-electron chi connectivity index (χ0n) is 20.6. The Morgan fingerprint density at radius 2 is 1.63 bits per heavy atom. The summed E-state index contributed by atoms with van der Waals surface area (Å²) in [5, 5.41) is 4.12. The topological polar surface area (TPSA) is 33.1 Å². The van der Waals surface area contributed by atoms with E-state index in [2.05, 4.69) is 71.7 Å². The van der Waals surface area contributed by atoms with Gasteiger partial charge in [0.05, 0.1) is 23.5 Å². The van der Waals surface area contributed by atoms with Crippen LogP contribution < -0.4 is 10.2 Å². The standard InChI is InChI=1S/C29H29FN4S/c1-17-9-8-10-18(2)27(17)33-20(4)16-23(21(33)5)28-26(25-11-6-7-14-31-25)32-29(35)34(28)22-12-13-24(30)19(3)15-22/h6-16,26,28H,1-5H3,(H,32,35)/t26-,28+/m1/s1. The van der Waals surface area contributed by atoms with E-state index in [4.69, 9.17) is 12.2 Å². The minimum absolute atomic E-state index is 0.147. The van der Waals surface area contributed by atoms with Crippen molar-refractivity contribution in [3.05, 3.63) is 112 Å². The minimum Gasteiger partial charge on any atom is -0.351 e. The predicted molar refractivity (Wildman–Crippen MR) is 144 cm³/mol. The Morgan fingerprint density at radius 3 is 2.29 bits per heavy atom. The lowest BCUT2D eigenvalue weighted by atomic mass is 9.96. The lowest BCUT2D eigenvalue weighted by Gasteiger charge is -2.28. The first-order valence-electron chi connectivity index (χ1n) is 11.8. The summed E-state index contributed by atoms with van der Waals surface area (Å²) in [5.74, 6) is -0.224. The largest absolute Gasteiger partial charge is 0.351 e. The Kier molecular flexibility index (Phi) is 5.93. The highest BCUT2D eigenvalue weighted by atomic mass is 32.1. The van der Waals surface area contributed by atoms with Crippen molar-refractivity contribution in [2.45, 2.75) is 46.7 Å². The molecule has 0 saturated carbocycles. The van der Waals surface area contributed by atoms with Crippen molar-refractivity contribution >= 4 is 23.0 Å². The third kappa shape index (κ3) is 3.92. The van der Waals surface area contributed by atoms with Gasteiger partial charge in [-0.3, -0.25) is 4.98 Å². The van der Waals surface area contributed by atoms with E-state index in [1.807, 2.05) is 30.5 Å². The summed E-state index contributed by atoms with van der Waals surface area (Å²) >= 11 is 5.86. The lowest BCUT2D eigenvalue weighted by Crippen LogP contribution is -2.29. The number of aromatic nitrogens is 2. The maximum atomic E-state index is 14.1. The first-order chi connectivity index (χ1) is 16.8. The van der Waals surface area contributed by atoms with Crippen molar-refractivity contribution in [2.75, 3.05) is 4.90 Å². The number of anilines is 1. The molecule has 0 bridgehead atoms. The highest BCUT2D eigenvalue weighted by Crippen LogP contribution is 2.44. The van der Waals surface area contributed by atoms with Gasteiger partial charge in [-0.25, -0.2) is 4.39 Å². The maximum Gasteiger partial charge on any atom is 0.174 e. The molecule has 3 heterocycles. The van der Waals surface area contributed by atoms with Crippen molar-refractivity contribution in [1.82, 2.24) is 14.9 Å². The van der Waals surface area contributed by atoms with Crippen LogP contribution in [0.3, 0.4) is 0 Å². The fourth-order valence-electron chi connectivity index (χ4n) is 5.32. The van der Waals surface area contributed by atoms with Gasteiger partial charge in [-0.15, -0.1) is 0 Å². The van der Waals surface area contributed by atoms with Gasteiger partial charge in [0.15, 0.2) is 5.11 Å². The summed E-state index contributed by atoms with van der Waals surface area (Å²) in [6.45, 7) is 10.4. The fourth-order valence-corrected chi connectivity index (χ4v) is 5.66. The molecule has 2 aromatic carbocycles. The Balaban J connectivity index is 1.72. The van der Waals surface area contributed by atoms with Crippen LogP contribution in [0, 0.1) is 40.4 Å². The van der Waals surface area contributed by atoms with Crippen molar-refractivity contribution in [3.63, 3.8) is 0 Å². The lowest BCUT2D eigenvalue weighted by molar-refractivity contribution is 0.564. The zero-order valence-corrected chi connectivity index (χ0v) is 21.4. The number of nitrogens with one attached hydrogen (secondary N) is 1. The first kappa shape index (κ1) is 23.2. The van der Waals surface area contributed by atoms with E-state index in [0.717, 1.165) is 28.3 Å². The molecule has 1 aliphatic heterocycles. The molecule has 0 radical (unpaired) electrons. The molecule has 0 unspecified atom stereocenters. The molecule has 4 aromatic rings. The fraction of sp³-hybridized carbons (Fsp3) is 0.241. The number of thiocarbonyl (C=S) groups is 1. The van der Waals surface area contributed by atoms with Gasteiger partial charge in [-0.05, 0) is 105 Å². The van der Waals surface area contributed by atoms with Crippen LogP contribution in [0.15, 0.2) is 66.9 Å². The van der Waals surface area contributed by atoms with Crippen LogP contribution in [0.4, 0.5) is 10.1 Å². The van der Waals surface area contributed by atoms with Crippen molar-refractivity contribution in [2.24, 2.45) is 0 Å². The number of hydrogen-bond acceptors (Lipinski definition) is 2. The molecule has 0 aliphatic carbocycles. The van der Waals surface area contributed by atoms with Crippen LogP contribution in [0.1, 0.15) is 51.4 Å². The summed E-state index contributed by atoms with van der Waals surface area (Å²) in [4.78, 5) is 6.77. The van der Waals surface area contributed by atoms with E-state index in [1.165, 1.54) is 22.9 Å². The van der Waals surface area contributed by atoms with Gasteiger partial charge in [0.2, 0.25) is 0 Å². The van der Waals surface area contributed by atoms with Crippen LogP contribution in [0.2, 0.25) is 0 Å². The summed E-state index contributed by atoms with van der Waals surface area (Å²) in [6, 6.07) is 19.5. The monoisotopic (exact) mass is 484 g/mol. The Labute approximate surface area is 211 Å². The first-order valence-corrected chi connectivity index (χ1v) is 12.2. The average molecular weight is 485 g/mol. The second kappa shape index (κ2) is 8.93. The van der Waals surface area contributed by atoms with Gasteiger partial charge < -0.3 is 14.8 Å². The van der Waals surface area contributed by atoms with Gasteiger partial charge >= 0.3 is 0 Å². The van der Waals surface area contributed by atoms with Crippen molar-refractivity contribution in [1.29, 1.82) is 0 Å².